The van der Waals surface area contributed by atoms with E-state index >= 15 is 0 Å². The van der Waals surface area contributed by atoms with E-state index in [1.54, 1.807) is 36.8 Å². The summed E-state index contributed by atoms with van der Waals surface area (Å²) in [6.45, 7) is 0. The van der Waals surface area contributed by atoms with Gasteiger partial charge in [-0.1, -0.05) is 54.6 Å². The molecule has 0 bridgehead atoms. The predicted molar refractivity (Wildman–Crippen MR) is 187 cm³/mol. The van der Waals surface area contributed by atoms with E-state index in [0.717, 1.165) is 67.2 Å². The Kier molecular flexibility index (Phi) is 8.01. The number of hydrogen-bond donors (Lipinski definition) is 0. The highest BCUT2D eigenvalue weighted by Gasteiger charge is 2.12. The van der Waals surface area contributed by atoms with Crippen molar-refractivity contribution in [2.24, 2.45) is 0 Å². The van der Waals surface area contributed by atoms with Gasteiger partial charge in [0.25, 0.3) is 0 Å². The van der Waals surface area contributed by atoms with E-state index in [4.69, 9.17) is 0 Å². The first-order chi connectivity index (χ1) is 23.6. The molecule has 0 fully saturated rings. The van der Waals surface area contributed by atoms with E-state index in [0.29, 0.717) is 16.7 Å². The molecule has 0 unspecified atom stereocenters. The van der Waals surface area contributed by atoms with Crippen molar-refractivity contribution in [1.82, 2.24) is 15.0 Å². The summed E-state index contributed by atoms with van der Waals surface area (Å²) in [5.74, 6) is 0. The van der Waals surface area contributed by atoms with Crippen LogP contribution in [0.1, 0.15) is 16.7 Å². The second-order valence-electron chi connectivity index (χ2n) is 11.2. The molecule has 0 N–H and O–H groups in total. The van der Waals surface area contributed by atoms with Crippen molar-refractivity contribution in [2.45, 2.75) is 0 Å². The van der Waals surface area contributed by atoms with Crippen molar-refractivity contribution < 1.29 is 0 Å². The van der Waals surface area contributed by atoms with E-state index in [9.17, 15) is 15.8 Å². The molecule has 3 heterocycles. The number of aromatic nitrogens is 3. The quantitative estimate of drug-likeness (QED) is 0.185. The van der Waals surface area contributed by atoms with Crippen LogP contribution in [0.4, 0.5) is 0 Å². The average molecular weight is 613 g/mol. The average Bonchev–Trinajstić information content (AvgIpc) is 3.18. The summed E-state index contributed by atoms with van der Waals surface area (Å²) in [5.41, 5.74) is 12.9. The molecule has 7 rings (SSSR count). The third kappa shape index (κ3) is 6.17. The molecule has 0 aliphatic carbocycles. The summed E-state index contributed by atoms with van der Waals surface area (Å²) in [5, 5.41) is 27.7. The lowest BCUT2D eigenvalue weighted by molar-refractivity contribution is 1.30. The second-order valence-corrected chi connectivity index (χ2v) is 11.2. The second kappa shape index (κ2) is 13.0. The lowest BCUT2D eigenvalue weighted by Gasteiger charge is -2.14. The van der Waals surface area contributed by atoms with Gasteiger partial charge in [0, 0.05) is 35.3 Å². The summed E-state index contributed by atoms with van der Waals surface area (Å²) >= 11 is 0. The van der Waals surface area contributed by atoms with Crippen LogP contribution in [-0.4, -0.2) is 15.0 Å². The maximum atomic E-state index is 9.22. The molecule has 0 spiro atoms. The van der Waals surface area contributed by atoms with Crippen LogP contribution >= 0.6 is 0 Å². The third-order valence-corrected chi connectivity index (χ3v) is 8.09. The zero-order chi connectivity index (χ0) is 32.9. The van der Waals surface area contributed by atoms with Crippen molar-refractivity contribution in [3.63, 3.8) is 0 Å². The van der Waals surface area contributed by atoms with Gasteiger partial charge in [0.15, 0.2) is 0 Å². The fourth-order valence-corrected chi connectivity index (χ4v) is 5.59. The van der Waals surface area contributed by atoms with Gasteiger partial charge in [-0.15, -0.1) is 0 Å². The number of rotatable bonds is 6. The lowest BCUT2D eigenvalue weighted by Crippen LogP contribution is -1.90. The predicted octanol–water partition coefficient (Wildman–Crippen LogP) is 9.49. The third-order valence-electron chi connectivity index (χ3n) is 8.09. The number of nitriles is 3. The van der Waals surface area contributed by atoms with Crippen LogP contribution in [0.25, 0.3) is 67.2 Å². The molecule has 48 heavy (non-hydrogen) atoms. The van der Waals surface area contributed by atoms with Gasteiger partial charge in [-0.2, -0.15) is 15.8 Å². The Balaban J connectivity index is 1.35. The topological polar surface area (TPSA) is 110 Å². The smallest absolute Gasteiger partial charge is 0.101 e. The molecule has 0 amide bonds. The first-order valence-corrected chi connectivity index (χ1v) is 15.2. The van der Waals surface area contributed by atoms with Crippen LogP contribution in [0.3, 0.4) is 0 Å². The van der Waals surface area contributed by atoms with Crippen LogP contribution in [-0.2, 0) is 0 Å². The molecule has 0 aliphatic heterocycles. The SMILES string of the molecule is N#Cc1ccc(-c2cccc(-c3cc(-c4cccc(-c5ccc(C#N)cn5)c4)cc(-c4cccc(-c5ccc(C#N)cn5)c4)c3)c2)nc1. The lowest BCUT2D eigenvalue weighted by atomic mass is 9.91. The minimum Gasteiger partial charge on any atom is -0.255 e. The first kappa shape index (κ1) is 29.5. The van der Waals surface area contributed by atoms with Crippen molar-refractivity contribution in [1.29, 1.82) is 15.8 Å². The van der Waals surface area contributed by atoms with Gasteiger partial charge in [-0.25, -0.2) is 0 Å². The largest absolute Gasteiger partial charge is 0.255 e. The molecular formula is C42H24N6. The Morgan fingerprint density at radius 2 is 0.583 bits per heavy atom. The monoisotopic (exact) mass is 612 g/mol. The molecule has 222 valence electrons. The molecule has 0 atom stereocenters. The van der Waals surface area contributed by atoms with Crippen LogP contribution in [0.5, 0.6) is 0 Å². The number of hydrogen-bond acceptors (Lipinski definition) is 6. The fourth-order valence-electron chi connectivity index (χ4n) is 5.59. The number of nitrogens with zero attached hydrogens (tertiary/aromatic N) is 6. The summed E-state index contributed by atoms with van der Waals surface area (Å²) in [6, 6.07) is 48.6. The van der Waals surface area contributed by atoms with E-state index in [-0.39, 0.29) is 0 Å². The number of pyridine rings is 3. The van der Waals surface area contributed by atoms with Gasteiger partial charge < -0.3 is 0 Å². The Hall–Kier alpha value is -7.20. The molecule has 6 nitrogen and oxygen atoms in total. The molecule has 6 heteroatoms. The minimum atomic E-state index is 0.518. The minimum absolute atomic E-state index is 0.518. The highest BCUT2D eigenvalue weighted by molar-refractivity contribution is 5.84. The Morgan fingerprint density at radius 3 is 0.833 bits per heavy atom. The van der Waals surface area contributed by atoms with Gasteiger partial charge >= 0.3 is 0 Å². The standard InChI is InChI=1S/C42H24N6/c43-22-28-10-13-40(46-25-28)34-7-1-4-31(16-34)37-19-38(32-5-2-8-35(17-32)41-14-11-29(23-44)26-47-41)21-39(20-37)33-6-3-9-36(18-33)42-15-12-30(24-45)27-48-42/h1-21,25-27H. The molecule has 7 aromatic rings. The van der Waals surface area contributed by atoms with Gasteiger partial charge in [-0.05, 0) is 106 Å². The van der Waals surface area contributed by atoms with Crippen molar-refractivity contribution in [3.05, 3.63) is 163 Å². The van der Waals surface area contributed by atoms with Crippen molar-refractivity contribution in [2.75, 3.05) is 0 Å². The van der Waals surface area contributed by atoms with Crippen LogP contribution < -0.4 is 0 Å². The zero-order valence-corrected chi connectivity index (χ0v) is 25.5. The Morgan fingerprint density at radius 1 is 0.312 bits per heavy atom. The molecule has 0 aliphatic rings. The Labute approximate surface area is 278 Å². The molecule has 4 aromatic carbocycles. The highest BCUT2D eigenvalue weighted by atomic mass is 14.7. The van der Waals surface area contributed by atoms with E-state index in [2.05, 4.69) is 87.8 Å². The maximum Gasteiger partial charge on any atom is 0.101 e. The first-order valence-electron chi connectivity index (χ1n) is 15.2. The number of benzene rings is 4. The summed E-state index contributed by atoms with van der Waals surface area (Å²) in [4.78, 5) is 13.5. The van der Waals surface area contributed by atoms with Crippen molar-refractivity contribution in [3.8, 4) is 85.4 Å². The maximum absolute atomic E-state index is 9.22. The molecule has 3 aromatic heterocycles. The summed E-state index contributed by atoms with van der Waals surface area (Å²) in [7, 11) is 0. The normalized spacial score (nSPS) is 10.4. The van der Waals surface area contributed by atoms with Gasteiger partial charge in [0.2, 0.25) is 0 Å². The summed E-state index contributed by atoms with van der Waals surface area (Å²) in [6.07, 6.45) is 4.77. The van der Waals surface area contributed by atoms with Gasteiger partial charge in [-0.3, -0.25) is 15.0 Å². The van der Waals surface area contributed by atoms with Crippen LogP contribution in [0.15, 0.2) is 146 Å². The molecule has 0 radical (unpaired) electrons. The van der Waals surface area contributed by atoms with Crippen molar-refractivity contribution >= 4 is 0 Å². The van der Waals surface area contributed by atoms with Gasteiger partial charge in [0.05, 0.1) is 33.8 Å². The van der Waals surface area contributed by atoms with Gasteiger partial charge in [0.1, 0.15) is 18.2 Å². The molecule has 0 saturated carbocycles. The van der Waals surface area contributed by atoms with E-state index < -0.39 is 0 Å². The van der Waals surface area contributed by atoms with Crippen LogP contribution in [0.2, 0.25) is 0 Å². The molecular weight excluding hydrogens is 589 g/mol. The van der Waals surface area contributed by atoms with Crippen LogP contribution in [0, 0.1) is 34.0 Å². The zero-order valence-electron chi connectivity index (χ0n) is 25.5. The Bertz CT molecular complexity index is 2120. The fraction of sp³-hybridized carbons (Fsp3) is 0. The summed E-state index contributed by atoms with van der Waals surface area (Å²) < 4.78 is 0. The molecule has 0 saturated heterocycles. The highest BCUT2D eigenvalue weighted by Crippen LogP contribution is 2.36. The van der Waals surface area contributed by atoms with E-state index in [1.165, 1.54) is 0 Å². The van der Waals surface area contributed by atoms with E-state index in [1.807, 2.05) is 54.6 Å².